The van der Waals surface area contributed by atoms with Crippen LogP contribution in [-0.4, -0.2) is 17.8 Å². The van der Waals surface area contributed by atoms with Crippen LogP contribution in [0.15, 0.2) is 15.9 Å². The van der Waals surface area contributed by atoms with Crippen molar-refractivity contribution < 1.29 is 5.11 Å². The monoisotopic (exact) mass is 263 g/mol. The zero-order chi connectivity index (χ0) is 9.68. The minimum Gasteiger partial charge on any atom is -0.392 e. The highest BCUT2D eigenvalue weighted by Gasteiger charge is 2.00. The van der Waals surface area contributed by atoms with Gasteiger partial charge in [0.2, 0.25) is 0 Å². The maximum Gasteiger partial charge on any atom is 0.0662 e. The SMILES string of the molecule is CCC(O)CNCc1cc(Br)cs1. The third kappa shape index (κ3) is 4.22. The molecule has 0 aliphatic heterocycles. The number of thiophene rings is 1. The van der Waals surface area contributed by atoms with Crippen molar-refractivity contribution in [1.82, 2.24) is 5.32 Å². The van der Waals surface area contributed by atoms with Crippen molar-refractivity contribution >= 4 is 27.3 Å². The van der Waals surface area contributed by atoms with Crippen molar-refractivity contribution in [2.45, 2.75) is 26.0 Å². The van der Waals surface area contributed by atoms with Crippen LogP contribution in [0.4, 0.5) is 0 Å². The molecule has 2 N–H and O–H groups in total. The van der Waals surface area contributed by atoms with Gasteiger partial charge in [-0.15, -0.1) is 11.3 Å². The van der Waals surface area contributed by atoms with Gasteiger partial charge in [-0.25, -0.2) is 0 Å². The molecule has 0 saturated heterocycles. The Kier molecular flexibility index (Phi) is 4.94. The van der Waals surface area contributed by atoms with Gasteiger partial charge >= 0.3 is 0 Å². The molecule has 1 atom stereocenters. The second-order valence-corrected chi connectivity index (χ2v) is 4.84. The van der Waals surface area contributed by atoms with E-state index in [-0.39, 0.29) is 6.10 Å². The normalized spacial score (nSPS) is 13.2. The van der Waals surface area contributed by atoms with E-state index in [1.165, 1.54) is 4.88 Å². The molecule has 1 rings (SSSR count). The quantitative estimate of drug-likeness (QED) is 0.855. The van der Waals surface area contributed by atoms with Gasteiger partial charge in [0.15, 0.2) is 0 Å². The molecule has 0 bridgehead atoms. The van der Waals surface area contributed by atoms with E-state index < -0.39 is 0 Å². The average Bonchev–Trinajstić information content (AvgIpc) is 2.51. The summed E-state index contributed by atoms with van der Waals surface area (Å²) in [4.78, 5) is 1.29. The second kappa shape index (κ2) is 5.75. The molecule has 0 fully saturated rings. The van der Waals surface area contributed by atoms with Gasteiger partial charge in [0.25, 0.3) is 0 Å². The molecule has 1 unspecified atom stereocenters. The van der Waals surface area contributed by atoms with Crippen LogP contribution in [0.3, 0.4) is 0 Å². The average molecular weight is 264 g/mol. The molecule has 74 valence electrons. The van der Waals surface area contributed by atoms with Crippen LogP contribution in [0.1, 0.15) is 18.2 Å². The molecule has 0 radical (unpaired) electrons. The standard InChI is InChI=1S/C9H14BrNOS/c1-2-8(12)4-11-5-9-3-7(10)6-13-9/h3,6,8,11-12H,2,4-5H2,1H3. The highest BCUT2D eigenvalue weighted by Crippen LogP contribution is 2.19. The van der Waals surface area contributed by atoms with Crippen LogP contribution < -0.4 is 5.32 Å². The Hall–Kier alpha value is 0.1000. The number of hydrogen-bond donors (Lipinski definition) is 2. The molecule has 0 aliphatic carbocycles. The summed E-state index contributed by atoms with van der Waals surface area (Å²) in [5.41, 5.74) is 0. The fourth-order valence-corrected chi connectivity index (χ4v) is 2.37. The van der Waals surface area contributed by atoms with Crippen LogP contribution in [0, 0.1) is 0 Å². The Labute approximate surface area is 91.1 Å². The molecular weight excluding hydrogens is 250 g/mol. The van der Waals surface area contributed by atoms with Gasteiger partial charge in [-0.3, -0.25) is 0 Å². The van der Waals surface area contributed by atoms with Gasteiger partial charge in [0.05, 0.1) is 6.10 Å². The number of halogens is 1. The van der Waals surface area contributed by atoms with E-state index in [2.05, 4.69) is 32.7 Å². The minimum atomic E-state index is -0.219. The van der Waals surface area contributed by atoms with Crippen molar-refractivity contribution in [2.75, 3.05) is 6.54 Å². The lowest BCUT2D eigenvalue weighted by Crippen LogP contribution is -2.25. The van der Waals surface area contributed by atoms with Gasteiger partial charge in [0, 0.05) is 27.8 Å². The van der Waals surface area contributed by atoms with Crippen LogP contribution in [0.25, 0.3) is 0 Å². The first kappa shape index (κ1) is 11.2. The highest BCUT2D eigenvalue weighted by molar-refractivity contribution is 9.10. The van der Waals surface area contributed by atoms with Crippen molar-refractivity contribution in [1.29, 1.82) is 0 Å². The Balaban J connectivity index is 2.20. The van der Waals surface area contributed by atoms with Crippen molar-refractivity contribution in [3.8, 4) is 0 Å². The van der Waals surface area contributed by atoms with Crippen molar-refractivity contribution in [2.24, 2.45) is 0 Å². The summed E-state index contributed by atoms with van der Waals surface area (Å²) >= 11 is 5.12. The molecule has 0 saturated carbocycles. The number of aliphatic hydroxyl groups is 1. The van der Waals surface area contributed by atoms with E-state index in [0.29, 0.717) is 6.54 Å². The summed E-state index contributed by atoms with van der Waals surface area (Å²) in [7, 11) is 0. The van der Waals surface area contributed by atoms with E-state index in [1.807, 2.05) is 6.92 Å². The van der Waals surface area contributed by atoms with Crippen LogP contribution >= 0.6 is 27.3 Å². The first-order valence-electron chi connectivity index (χ1n) is 4.34. The van der Waals surface area contributed by atoms with Gasteiger partial charge < -0.3 is 10.4 Å². The summed E-state index contributed by atoms with van der Waals surface area (Å²) in [5, 5.41) is 14.5. The van der Waals surface area contributed by atoms with E-state index in [9.17, 15) is 5.11 Å². The zero-order valence-electron chi connectivity index (χ0n) is 7.59. The summed E-state index contributed by atoms with van der Waals surface area (Å²) in [6.45, 7) is 3.49. The highest BCUT2D eigenvalue weighted by atomic mass is 79.9. The Morgan fingerprint density at radius 2 is 2.46 bits per heavy atom. The zero-order valence-corrected chi connectivity index (χ0v) is 9.99. The molecule has 4 heteroatoms. The minimum absolute atomic E-state index is 0.219. The molecule has 0 aliphatic rings. The van der Waals surface area contributed by atoms with Gasteiger partial charge in [-0.1, -0.05) is 6.92 Å². The Morgan fingerprint density at radius 3 is 3.00 bits per heavy atom. The lowest BCUT2D eigenvalue weighted by Gasteiger charge is -2.07. The number of aliphatic hydroxyl groups excluding tert-OH is 1. The molecule has 2 nitrogen and oxygen atoms in total. The van der Waals surface area contributed by atoms with Gasteiger partial charge in [0.1, 0.15) is 0 Å². The molecule has 0 spiro atoms. The Morgan fingerprint density at radius 1 is 1.69 bits per heavy atom. The van der Waals surface area contributed by atoms with Crippen LogP contribution in [-0.2, 0) is 6.54 Å². The largest absolute Gasteiger partial charge is 0.392 e. The lowest BCUT2D eigenvalue weighted by molar-refractivity contribution is 0.167. The third-order valence-corrected chi connectivity index (χ3v) is 3.47. The summed E-state index contributed by atoms with van der Waals surface area (Å²) in [5.74, 6) is 0. The topological polar surface area (TPSA) is 32.3 Å². The van der Waals surface area contributed by atoms with Crippen molar-refractivity contribution in [3.05, 3.63) is 20.8 Å². The predicted octanol–water partition coefficient (Wildman–Crippen LogP) is 2.37. The van der Waals surface area contributed by atoms with Crippen LogP contribution in [0.5, 0.6) is 0 Å². The fraction of sp³-hybridized carbons (Fsp3) is 0.556. The number of hydrogen-bond acceptors (Lipinski definition) is 3. The third-order valence-electron chi connectivity index (χ3n) is 1.77. The molecule has 13 heavy (non-hydrogen) atoms. The first-order chi connectivity index (χ1) is 6.22. The number of nitrogens with one attached hydrogen (secondary N) is 1. The van der Waals surface area contributed by atoms with Crippen molar-refractivity contribution in [3.63, 3.8) is 0 Å². The second-order valence-electron chi connectivity index (χ2n) is 2.92. The smallest absolute Gasteiger partial charge is 0.0662 e. The predicted molar refractivity (Wildman–Crippen MR) is 60.0 cm³/mol. The summed E-state index contributed by atoms with van der Waals surface area (Å²) in [6.07, 6.45) is 0.588. The first-order valence-corrected chi connectivity index (χ1v) is 6.01. The Bertz CT molecular complexity index is 252. The maximum atomic E-state index is 9.27. The fourth-order valence-electron chi connectivity index (χ4n) is 0.953. The van der Waals surface area contributed by atoms with E-state index >= 15 is 0 Å². The van der Waals surface area contributed by atoms with E-state index in [1.54, 1.807) is 11.3 Å². The van der Waals surface area contributed by atoms with Gasteiger partial charge in [-0.2, -0.15) is 0 Å². The summed E-state index contributed by atoms with van der Waals surface area (Å²) in [6, 6.07) is 2.09. The molecule has 0 amide bonds. The molecule has 1 heterocycles. The molecule has 1 aromatic rings. The molecule has 1 aromatic heterocycles. The molecule has 0 aromatic carbocycles. The summed E-state index contributed by atoms with van der Waals surface area (Å²) < 4.78 is 1.13. The number of rotatable bonds is 5. The van der Waals surface area contributed by atoms with E-state index in [4.69, 9.17) is 0 Å². The maximum absolute atomic E-state index is 9.27. The lowest BCUT2D eigenvalue weighted by atomic mass is 10.3. The van der Waals surface area contributed by atoms with Crippen LogP contribution in [0.2, 0.25) is 0 Å². The van der Waals surface area contributed by atoms with Gasteiger partial charge in [-0.05, 0) is 28.4 Å². The van der Waals surface area contributed by atoms with E-state index in [0.717, 1.165) is 17.4 Å². The molecular formula is C9H14BrNOS.